The van der Waals surface area contributed by atoms with Crippen LogP contribution in [0, 0.1) is 5.21 Å². The fourth-order valence-corrected chi connectivity index (χ4v) is 0.204. The lowest BCUT2D eigenvalue weighted by Gasteiger charge is -2.14. The second-order valence-corrected chi connectivity index (χ2v) is 2.11. The van der Waals surface area contributed by atoms with Crippen molar-refractivity contribution in [2.24, 2.45) is 5.73 Å². The molecular formula is C5H10N2O. The summed E-state index contributed by atoms with van der Waals surface area (Å²) in [6, 6.07) is 0. The maximum absolute atomic E-state index is 10.5. The van der Waals surface area contributed by atoms with Gasteiger partial charge in [-0.2, -0.15) is 0 Å². The van der Waals surface area contributed by atoms with E-state index >= 15 is 0 Å². The fourth-order valence-electron chi connectivity index (χ4n) is 0.204. The van der Waals surface area contributed by atoms with Crippen LogP contribution >= 0.6 is 0 Å². The first-order valence-electron chi connectivity index (χ1n) is 2.27. The molecule has 8 heavy (non-hydrogen) atoms. The largest absolute Gasteiger partial charge is 0.614 e. The Morgan fingerprint density at radius 1 is 1.75 bits per heavy atom. The molecule has 0 aromatic rings. The second kappa shape index (κ2) is 1.99. The minimum Gasteiger partial charge on any atom is -0.614 e. The second-order valence-electron chi connectivity index (χ2n) is 2.11. The van der Waals surface area contributed by atoms with E-state index in [1.54, 1.807) is 13.8 Å². The molecule has 0 aliphatic heterocycles. The van der Waals surface area contributed by atoms with Gasteiger partial charge in [0.2, 0.25) is 5.66 Å². The van der Waals surface area contributed by atoms with Crippen LogP contribution in [-0.4, -0.2) is 16.3 Å². The molecule has 0 atom stereocenters. The van der Waals surface area contributed by atoms with E-state index in [9.17, 15) is 5.21 Å². The summed E-state index contributed by atoms with van der Waals surface area (Å²) in [5.41, 5.74) is 4.41. The molecule has 0 radical (unpaired) electrons. The molecule has 0 amide bonds. The summed E-state index contributed by atoms with van der Waals surface area (Å²) in [7, 11) is 0. The number of rotatable bonds is 1. The van der Waals surface area contributed by atoms with Gasteiger partial charge in [0.25, 0.3) is 0 Å². The van der Waals surface area contributed by atoms with Gasteiger partial charge in [-0.15, -0.1) is 4.74 Å². The highest BCUT2D eigenvalue weighted by Crippen LogP contribution is 1.93. The van der Waals surface area contributed by atoms with Crippen LogP contribution in [0.4, 0.5) is 0 Å². The van der Waals surface area contributed by atoms with Crippen molar-refractivity contribution in [3.8, 4) is 0 Å². The standard InChI is InChI=1S/C5H10N2O/c1-4-7(8)5(2,3)6/h1,6H2,2-3H3. The van der Waals surface area contributed by atoms with Crippen molar-refractivity contribution in [1.29, 1.82) is 0 Å². The van der Waals surface area contributed by atoms with Crippen LogP contribution in [0.2, 0.25) is 0 Å². The minimum atomic E-state index is -0.887. The number of nitrogens with two attached hydrogens (primary N) is 1. The smallest absolute Gasteiger partial charge is 0.228 e. The predicted molar refractivity (Wildman–Crippen MR) is 32.5 cm³/mol. The van der Waals surface area contributed by atoms with E-state index < -0.39 is 5.66 Å². The molecular weight excluding hydrogens is 104 g/mol. The van der Waals surface area contributed by atoms with Gasteiger partial charge in [-0.05, 0) is 0 Å². The van der Waals surface area contributed by atoms with E-state index in [1.807, 2.05) is 0 Å². The van der Waals surface area contributed by atoms with Crippen molar-refractivity contribution in [2.45, 2.75) is 19.5 Å². The molecule has 0 unspecified atom stereocenters. The molecule has 0 aromatic heterocycles. The predicted octanol–water partition coefficient (Wildman–Crippen LogP) is 0.0472. The average molecular weight is 114 g/mol. The summed E-state index contributed by atoms with van der Waals surface area (Å²) in [5, 5.41) is 10.5. The Kier molecular flexibility index (Phi) is 1.79. The molecule has 2 N–H and O–H groups in total. The molecule has 0 aromatic carbocycles. The zero-order valence-electron chi connectivity index (χ0n) is 5.14. The first-order chi connectivity index (χ1) is 3.48. The van der Waals surface area contributed by atoms with Crippen molar-refractivity contribution in [1.82, 2.24) is 0 Å². The molecule has 3 nitrogen and oxygen atoms in total. The molecule has 3 heteroatoms. The first-order valence-corrected chi connectivity index (χ1v) is 2.27. The van der Waals surface area contributed by atoms with Gasteiger partial charge >= 0.3 is 0 Å². The van der Waals surface area contributed by atoms with Gasteiger partial charge in [0.05, 0.1) is 0 Å². The van der Waals surface area contributed by atoms with Gasteiger partial charge in [0.15, 0.2) is 5.87 Å². The lowest BCUT2D eigenvalue weighted by molar-refractivity contribution is -0.532. The SMILES string of the molecule is C=C=[N+]([O-])C(C)(C)N. The van der Waals surface area contributed by atoms with E-state index in [0.29, 0.717) is 4.74 Å². The highest BCUT2D eigenvalue weighted by atomic mass is 16.5. The molecule has 0 aliphatic rings. The Balaban J connectivity index is 4.26. The highest BCUT2D eigenvalue weighted by molar-refractivity contribution is 5.40. The quantitative estimate of drug-likeness (QED) is 0.172. The molecule has 0 fully saturated rings. The van der Waals surface area contributed by atoms with Crippen LogP contribution in [0.15, 0.2) is 6.58 Å². The van der Waals surface area contributed by atoms with E-state index in [4.69, 9.17) is 5.73 Å². The van der Waals surface area contributed by atoms with E-state index in [-0.39, 0.29) is 0 Å². The summed E-state index contributed by atoms with van der Waals surface area (Å²) in [6.45, 7) is 6.30. The summed E-state index contributed by atoms with van der Waals surface area (Å²) in [6.07, 6.45) is 0. The Hall–Kier alpha value is -0.790. The normalized spacial score (nSPS) is 10.4. The molecule has 0 bridgehead atoms. The molecule has 0 heterocycles. The number of hydroxylamine groups is 1. The monoisotopic (exact) mass is 114 g/mol. The highest BCUT2D eigenvalue weighted by Gasteiger charge is 2.17. The van der Waals surface area contributed by atoms with Crippen molar-refractivity contribution in [3.63, 3.8) is 0 Å². The van der Waals surface area contributed by atoms with Gasteiger partial charge in [-0.1, -0.05) is 0 Å². The molecule has 0 saturated carbocycles. The van der Waals surface area contributed by atoms with Crippen molar-refractivity contribution < 1.29 is 4.74 Å². The topological polar surface area (TPSA) is 52.1 Å². The molecule has 46 valence electrons. The van der Waals surface area contributed by atoms with Crippen LogP contribution < -0.4 is 5.73 Å². The summed E-state index contributed by atoms with van der Waals surface area (Å²) in [4.78, 5) is 0. The van der Waals surface area contributed by atoms with Crippen molar-refractivity contribution in [2.75, 3.05) is 0 Å². The minimum absolute atomic E-state index is 0.479. The number of hydrogen-bond acceptors (Lipinski definition) is 2. The Morgan fingerprint density at radius 2 is 2.12 bits per heavy atom. The Morgan fingerprint density at radius 3 is 2.12 bits per heavy atom. The van der Waals surface area contributed by atoms with Gasteiger partial charge in [0.1, 0.15) is 0 Å². The van der Waals surface area contributed by atoms with Crippen molar-refractivity contribution in [3.05, 3.63) is 11.8 Å². The van der Waals surface area contributed by atoms with Crippen LogP contribution in [0.5, 0.6) is 0 Å². The maximum atomic E-state index is 10.5. The average Bonchev–Trinajstić information content (AvgIpc) is 1.62. The van der Waals surface area contributed by atoms with E-state index in [2.05, 4.69) is 12.4 Å². The number of nitrogens with zero attached hydrogens (tertiary/aromatic N) is 1. The summed E-state index contributed by atoms with van der Waals surface area (Å²) in [5.74, 6) is 2.11. The molecule has 0 spiro atoms. The molecule has 0 aliphatic carbocycles. The molecule has 0 saturated heterocycles. The fraction of sp³-hybridized carbons (Fsp3) is 0.600. The van der Waals surface area contributed by atoms with Crippen LogP contribution in [0.3, 0.4) is 0 Å². The van der Waals surface area contributed by atoms with Gasteiger partial charge in [-0.25, -0.2) is 0 Å². The van der Waals surface area contributed by atoms with Gasteiger partial charge in [-0.3, -0.25) is 5.73 Å². The zero-order chi connectivity index (χ0) is 6.78. The molecule has 0 rings (SSSR count). The van der Waals surface area contributed by atoms with Crippen molar-refractivity contribution >= 4 is 5.87 Å². The third-order valence-corrected chi connectivity index (χ3v) is 0.667. The van der Waals surface area contributed by atoms with Crippen LogP contribution in [0.25, 0.3) is 0 Å². The lowest BCUT2D eigenvalue weighted by Crippen LogP contribution is -2.41. The summed E-state index contributed by atoms with van der Waals surface area (Å²) < 4.78 is 0.479. The number of hydrogen-bond donors (Lipinski definition) is 1. The van der Waals surface area contributed by atoms with E-state index in [1.165, 1.54) is 0 Å². The van der Waals surface area contributed by atoms with Crippen LogP contribution in [0.1, 0.15) is 13.8 Å². The third-order valence-electron chi connectivity index (χ3n) is 0.667. The van der Waals surface area contributed by atoms with Crippen LogP contribution in [-0.2, 0) is 0 Å². The Bertz CT molecular complexity index is 128. The van der Waals surface area contributed by atoms with E-state index in [0.717, 1.165) is 0 Å². The summed E-state index contributed by atoms with van der Waals surface area (Å²) >= 11 is 0. The Labute approximate surface area is 48.7 Å². The third kappa shape index (κ3) is 1.78. The first kappa shape index (κ1) is 7.21. The lowest BCUT2D eigenvalue weighted by atomic mass is 10.3. The van der Waals surface area contributed by atoms with Gasteiger partial charge < -0.3 is 5.21 Å². The zero-order valence-corrected chi connectivity index (χ0v) is 5.14. The van der Waals surface area contributed by atoms with Gasteiger partial charge in [0, 0.05) is 20.4 Å². The maximum Gasteiger partial charge on any atom is 0.228 e.